The van der Waals surface area contributed by atoms with E-state index in [-0.39, 0.29) is 25.5 Å². The molecule has 0 saturated carbocycles. The van der Waals surface area contributed by atoms with E-state index in [1.54, 1.807) is 0 Å². The Hall–Kier alpha value is -7.16. The number of nitrogens with zero attached hydrogens (tertiary/aromatic N) is 2. The van der Waals surface area contributed by atoms with E-state index in [0.717, 1.165) is 29.7 Å². The van der Waals surface area contributed by atoms with Gasteiger partial charge in [0.15, 0.2) is 0 Å². The molecule has 0 aliphatic heterocycles. The quantitative estimate of drug-likeness (QED) is 0.157. The maximum Gasteiger partial charge on any atom is 0.0541 e. The van der Waals surface area contributed by atoms with Gasteiger partial charge in [-0.2, -0.15) is 0 Å². The third kappa shape index (κ3) is 5.85. The average Bonchev–Trinajstić information content (AvgIpc) is 3.98. The zero-order valence-corrected chi connectivity index (χ0v) is 36.7. The summed E-state index contributed by atoms with van der Waals surface area (Å²) in [6, 6.07) is 79.7. The molecule has 2 heterocycles. The van der Waals surface area contributed by atoms with Crippen LogP contribution in [-0.4, -0.2) is 9.55 Å². The molecule has 2 aromatic heterocycles. The van der Waals surface area contributed by atoms with Crippen LogP contribution in [0.3, 0.4) is 0 Å². The fourth-order valence-corrected chi connectivity index (χ4v) is 10.9. The van der Waals surface area contributed by atoms with Gasteiger partial charge in [0, 0.05) is 48.2 Å². The molecular weight excluding hydrogens is 941 g/mol. The van der Waals surface area contributed by atoms with Gasteiger partial charge in [0.2, 0.25) is 0 Å². The Morgan fingerprint density at radius 1 is 0.460 bits per heavy atom. The first-order chi connectivity index (χ1) is 30.7. The number of rotatable bonds is 5. The minimum Gasteiger partial charge on any atom is -0.309 e. The molecule has 2 aliphatic rings. The van der Waals surface area contributed by atoms with Crippen LogP contribution in [0, 0.1) is 6.07 Å². The maximum absolute atomic E-state index is 4.59. The van der Waals surface area contributed by atoms with Crippen molar-refractivity contribution in [3.8, 4) is 61.5 Å². The van der Waals surface area contributed by atoms with Crippen LogP contribution in [0.15, 0.2) is 212 Å². The van der Waals surface area contributed by atoms with Crippen molar-refractivity contribution in [2.45, 2.75) is 18.3 Å². The van der Waals surface area contributed by atoms with Crippen LogP contribution in [0.5, 0.6) is 0 Å². The number of aryl methyl sites for hydroxylation is 1. The van der Waals surface area contributed by atoms with Crippen LogP contribution < -0.4 is 0 Å². The molecule has 1 atom stereocenters. The number of para-hydroxylation sites is 2. The maximum atomic E-state index is 4.59. The SMILES string of the molecule is [Ir].[c-]1ccc(-c2cccc(-c3ccc4c(c3)C3(CCc5cc6ccccc6cc53)c3cc(-c5ccc(-n6c7ccccc7c7ccccc76)cc5)ccc3-4)c2)cc1-c1ccccn1. The summed E-state index contributed by atoms with van der Waals surface area (Å²) in [4.78, 5) is 4.59. The molecule has 9 aromatic carbocycles. The summed E-state index contributed by atoms with van der Waals surface area (Å²) in [7, 11) is 0. The molecule has 0 fully saturated rings. The fraction of sp³-hybridized carbons (Fsp3) is 0.0500. The average molecular weight is 980 g/mol. The van der Waals surface area contributed by atoms with Crippen LogP contribution >= 0.6 is 0 Å². The van der Waals surface area contributed by atoms with Crippen molar-refractivity contribution in [2.75, 3.05) is 0 Å². The van der Waals surface area contributed by atoms with Crippen molar-refractivity contribution in [3.05, 3.63) is 241 Å². The summed E-state index contributed by atoms with van der Waals surface area (Å²) in [6.07, 6.45) is 3.92. The van der Waals surface area contributed by atoms with Crippen LogP contribution in [0.2, 0.25) is 0 Å². The molecule has 13 rings (SSSR count). The van der Waals surface area contributed by atoms with Crippen molar-refractivity contribution in [2.24, 2.45) is 0 Å². The molecule has 2 nitrogen and oxygen atoms in total. The van der Waals surface area contributed by atoms with Gasteiger partial charge >= 0.3 is 0 Å². The predicted octanol–water partition coefficient (Wildman–Crippen LogP) is 15.1. The topological polar surface area (TPSA) is 17.8 Å². The Bertz CT molecular complexity index is 3530. The molecule has 63 heavy (non-hydrogen) atoms. The third-order valence-electron chi connectivity index (χ3n) is 13.8. The van der Waals surface area contributed by atoms with Crippen molar-refractivity contribution in [1.29, 1.82) is 0 Å². The summed E-state index contributed by atoms with van der Waals surface area (Å²) in [5.41, 5.74) is 21.0. The molecule has 299 valence electrons. The number of hydrogen-bond acceptors (Lipinski definition) is 1. The molecule has 0 amide bonds. The molecule has 0 saturated heterocycles. The van der Waals surface area contributed by atoms with E-state index in [1.165, 1.54) is 99.5 Å². The number of pyridine rings is 1. The summed E-state index contributed by atoms with van der Waals surface area (Å²) in [6.45, 7) is 0. The Labute approximate surface area is 380 Å². The monoisotopic (exact) mass is 980 g/mol. The minimum atomic E-state index is -0.260. The first-order valence-electron chi connectivity index (χ1n) is 21.6. The van der Waals surface area contributed by atoms with Gasteiger partial charge in [-0.25, -0.2) is 0 Å². The van der Waals surface area contributed by atoms with E-state index >= 15 is 0 Å². The second-order valence-corrected chi connectivity index (χ2v) is 17.0. The first kappa shape index (κ1) is 37.6. The largest absolute Gasteiger partial charge is 0.309 e. The van der Waals surface area contributed by atoms with E-state index in [9.17, 15) is 0 Å². The van der Waals surface area contributed by atoms with Crippen LogP contribution in [0.4, 0.5) is 0 Å². The van der Waals surface area contributed by atoms with Gasteiger partial charge in [-0.1, -0.05) is 133 Å². The standard InChI is InChI=1S/C60H39N2.Ir/c1-2-12-44-36-54-47(34-40(44)11-1)30-31-60(54)55-37-45(39-22-26-49(27-23-39)62-58-20-5-3-17-52(58)53-18-4-6-21-59(53)62)24-28-50(55)51-29-25-46(38-56(51)60)42-14-9-13-41(33-42)43-15-10-16-48(35-43)57-19-7-8-32-61-57;/h1-15,17-29,32-38H,30-31H2;/q-1;. The number of hydrogen-bond donors (Lipinski definition) is 0. The normalized spacial score (nSPS) is 14.8. The Kier molecular flexibility index (Phi) is 8.80. The predicted molar refractivity (Wildman–Crippen MR) is 257 cm³/mol. The van der Waals surface area contributed by atoms with E-state index in [4.69, 9.17) is 0 Å². The minimum absolute atomic E-state index is 0. The van der Waals surface area contributed by atoms with Crippen molar-refractivity contribution < 1.29 is 20.1 Å². The van der Waals surface area contributed by atoms with Crippen LogP contribution in [0.1, 0.15) is 28.7 Å². The Morgan fingerprint density at radius 2 is 1.05 bits per heavy atom. The zero-order chi connectivity index (χ0) is 40.8. The molecule has 1 spiro atoms. The Balaban J connectivity index is 0.00000421. The second kappa shape index (κ2) is 14.7. The molecule has 1 unspecified atom stereocenters. The number of aromatic nitrogens is 2. The van der Waals surface area contributed by atoms with Gasteiger partial charge in [0.1, 0.15) is 0 Å². The molecular formula is C60H39IrN2-. The number of benzene rings is 9. The zero-order valence-electron chi connectivity index (χ0n) is 34.3. The molecule has 0 bridgehead atoms. The third-order valence-corrected chi connectivity index (χ3v) is 13.8. The summed E-state index contributed by atoms with van der Waals surface area (Å²) in [5.74, 6) is 0. The van der Waals surface area contributed by atoms with Gasteiger partial charge in [-0.05, 0) is 145 Å². The van der Waals surface area contributed by atoms with Crippen LogP contribution in [0.25, 0.3) is 94.0 Å². The molecule has 2 aliphatic carbocycles. The van der Waals surface area contributed by atoms with Crippen molar-refractivity contribution >= 4 is 32.6 Å². The van der Waals surface area contributed by atoms with Crippen molar-refractivity contribution in [3.63, 3.8) is 0 Å². The van der Waals surface area contributed by atoms with Gasteiger partial charge < -0.3 is 9.55 Å². The molecule has 3 heteroatoms. The Morgan fingerprint density at radius 3 is 1.73 bits per heavy atom. The molecule has 0 N–H and O–H groups in total. The van der Waals surface area contributed by atoms with Gasteiger partial charge in [-0.15, -0.1) is 35.4 Å². The van der Waals surface area contributed by atoms with E-state index in [1.807, 2.05) is 30.5 Å². The summed E-state index contributed by atoms with van der Waals surface area (Å²) < 4.78 is 2.40. The van der Waals surface area contributed by atoms with Gasteiger partial charge in [-0.3, -0.25) is 0 Å². The summed E-state index contributed by atoms with van der Waals surface area (Å²) in [5, 5.41) is 5.17. The van der Waals surface area contributed by atoms with Gasteiger partial charge in [0.25, 0.3) is 0 Å². The molecule has 1 radical (unpaired) electrons. The van der Waals surface area contributed by atoms with E-state index in [0.29, 0.717) is 0 Å². The van der Waals surface area contributed by atoms with E-state index < -0.39 is 0 Å². The molecule has 11 aromatic rings. The van der Waals surface area contributed by atoms with Gasteiger partial charge in [0.05, 0.1) is 11.0 Å². The summed E-state index contributed by atoms with van der Waals surface area (Å²) >= 11 is 0. The number of fused-ring (bicyclic) bond motifs is 11. The van der Waals surface area contributed by atoms with E-state index in [2.05, 4.69) is 198 Å². The second-order valence-electron chi connectivity index (χ2n) is 17.0. The van der Waals surface area contributed by atoms with Crippen molar-refractivity contribution in [1.82, 2.24) is 9.55 Å². The smallest absolute Gasteiger partial charge is 0.0541 e. The van der Waals surface area contributed by atoms with Crippen LogP contribution in [-0.2, 0) is 31.9 Å². The first-order valence-corrected chi connectivity index (χ1v) is 21.6. The fourth-order valence-electron chi connectivity index (χ4n) is 10.9.